The molecule has 0 saturated heterocycles. The van der Waals surface area contributed by atoms with Gasteiger partial charge in [0.15, 0.2) is 6.29 Å². The summed E-state index contributed by atoms with van der Waals surface area (Å²) in [7, 11) is 4.88. The molecule has 0 radical (unpaired) electrons. The Morgan fingerprint density at radius 3 is 2.48 bits per heavy atom. The molecule has 0 heterocycles. The van der Waals surface area contributed by atoms with Crippen molar-refractivity contribution >= 4 is 6.08 Å². The minimum atomic E-state index is -0.330. The highest BCUT2D eigenvalue weighted by molar-refractivity contribution is 5.59. The molecule has 0 spiro atoms. The molecule has 130 valence electrons. The normalized spacial score (nSPS) is 13.1. The van der Waals surface area contributed by atoms with Gasteiger partial charge in [-0.05, 0) is 31.2 Å². The molecule has 0 saturated carbocycles. The van der Waals surface area contributed by atoms with Gasteiger partial charge in [-0.15, -0.1) is 0 Å². The monoisotopic (exact) mass is 324 g/mol. The van der Waals surface area contributed by atoms with E-state index in [0.717, 1.165) is 17.1 Å². The topological polar surface area (TPSA) is 46.2 Å². The van der Waals surface area contributed by atoms with Crippen molar-refractivity contribution < 1.29 is 23.7 Å². The molecule has 1 rings (SSSR count). The van der Waals surface area contributed by atoms with Crippen molar-refractivity contribution in [3.8, 4) is 11.5 Å². The molecule has 0 bridgehead atoms. The summed E-state index contributed by atoms with van der Waals surface area (Å²) in [5.41, 5.74) is 0.583. The van der Waals surface area contributed by atoms with E-state index in [9.17, 15) is 0 Å². The van der Waals surface area contributed by atoms with Gasteiger partial charge in [-0.2, -0.15) is 0 Å². The molecule has 23 heavy (non-hydrogen) atoms. The Bertz CT molecular complexity index is 496. The molecule has 0 amide bonds. The smallest absolute Gasteiger partial charge is 0.165 e. The van der Waals surface area contributed by atoms with Crippen molar-refractivity contribution in [2.75, 3.05) is 34.5 Å². The standard InChI is InChI=1S/C18H28O5/c1-7-22-17(21-6)18(2,3)13-23-16-9-8-15(20-5)12-14(16)10-11-19-4/h8-12,17H,7,13H2,1-6H3/b11-10+. The van der Waals surface area contributed by atoms with E-state index in [1.54, 1.807) is 27.6 Å². The fourth-order valence-electron chi connectivity index (χ4n) is 2.15. The van der Waals surface area contributed by atoms with Gasteiger partial charge in [-0.3, -0.25) is 0 Å². The van der Waals surface area contributed by atoms with Gasteiger partial charge in [0.25, 0.3) is 0 Å². The predicted molar refractivity (Wildman–Crippen MR) is 90.7 cm³/mol. The maximum absolute atomic E-state index is 6.01. The largest absolute Gasteiger partial charge is 0.504 e. The van der Waals surface area contributed by atoms with Gasteiger partial charge in [0.2, 0.25) is 0 Å². The van der Waals surface area contributed by atoms with E-state index in [-0.39, 0.29) is 11.7 Å². The van der Waals surface area contributed by atoms with Crippen LogP contribution in [-0.4, -0.2) is 40.8 Å². The Kier molecular flexibility index (Phi) is 7.92. The van der Waals surface area contributed by atoms with Crippen molar-refractivity contribution in [3.63, 3.8) is 0 Å². The fraction of sp³-hybridized carbons (Fsp3) is 0.556. The number of methoxy groups -OCH3 is 3. The van der Waals surface area contributed by atoms with Gasteiger partial charge in [0.05, 0.1) is 27.1 Å². The molecule has 1 atom stereocenters. The van der Waals surface area contributed by atoms with Gasteiger partial charge < -0.3 is 23.7 Å². The lowest BCUT2D eigenvalue weighted by molar-refractivity contribution is -0.188. The van der Waals surface area contributed by atoms with Crippen LogP contribution >= 0.6 is 0 Å². The van der Waals surface area contributed by atoms with E-state index >= 15 is 0 Å². The zero-order valence-electron chi connectivity index (χ0n) is 14.9. The van der Waals surface area contributed by atoms with Gasteiger partial charge in [-0.1, -0.05) is 13.8 Å². The van der Waals surface area contributed by atoms with Crippen LogP contribution < -0.4 is 9.47 Å². The molecule has 1 aromatic rings. The number of hydrogen-bond acceptors (Lipinski definition) is 5. The zero-order valence-corrected chi connectivity index (χ0v) is 14.9. The second-order valence-corrected chi connectivity index (χ2v) is 5.74. The highest BCUT2D eigenvalue weighted by Gasteiger charge is 2.31. The van der Waals surface area contributed by atoms with E-state index < -0.39 is 0 Å². The fourth-order valence-corrected chi connectivity index (χ4v) is 2.15. The van der Waals surface area contributed by atoms with E-state index in [1.807, 2.05) is 45.0 Å². The van der Waals surface area contributed by atoms with Crippen molar-refractivity contribution in [1.82, 2.24) is 0 Å². The van der Waals surface area contributed by atoms with Crippen molar-refractivity contribution in [2.45, 2.75) is 27.1 Å². The van der Waals surface area contributed by atoms with Crippen LogP contribution in [-0.2, 0) is 14.2 Å². The molecule has 0 aliphatic carbocycles. The Hall–Kier alpha value is -1.72. The Morgan fingerprint density at radius 1 is 1.17 bits per heavy atom. The van der Waals surface area contributed by atoms with Crippen LogP contribution in [0.5, 0.6) is 11.5 Å². The van der Waals surface area contributed by atoms with Crippen LogP contribution in [0.15, 0.2) is 24.5 Å². The summed E-state index contributed by atoms with van der Waals surface area (Å²) in [6.45, 7) is 7.08. The lowest BCUT2D eigenvalue weighted by Crippen LogP contribution is -2.38. The average molecular weight is 324 g/mol. The number of ether oxygens (including phenoxy) is 5. The second-order valence-electron chi connectivity index (χ2n) is 5.74. The molecule has 0 aliphatic heterocycles. The third kappa shape index (κ3) is 5.77. The van der Waals surface area contributed by atoms with Crippen LogP contribution in [0.4, 0.5) is 0 Å². The lowest BCUT2D eigenvalue weighted by atomic mass is 9.93. The number of rotatable bonds is 10. The van der Waals surface area contributed by atoms with E-state index in [0.29, 0.717) is 13.2 Å². The first-order valence-electron chi connectivity index (χ1n) is 7.63. The molecule has 0 N–H and O–H groups in total. The number of benzene rings is 1. The van der Waals surface area contributed by atoms with E-state index in [2.05, 4.69) is 0 Å². The summed E-state index contributed by atoms with van der Waals surface area (Å²) in [5.74, 6) is 1.51. The summed E-state index contributed by atoms with van der Waals surface area (Å²) in [6, 6.07) is 5.64. The first kappa shape index (κ1) is 19.3. The van der Waals surface area contributed by atoms with Gasteiger partial charge >= 0.3 is 0 Å². The molecule has 1 aromatic carbocycles. The maximum Gasteiger partial charge on any atom is 0.165 e. The zero-order chi connectivity index (χ0) is 17.3. The molecule has 5 nitrogen and oxygen atoms in total. The van der Waals surface area contributed by atoms with Crippen LogP contribution in [0.1, 0.15) is 26.3 Å². The van der Waals surface area contributed by atoms with Crippen molar-refractivity contribution in [1.29, 1.82) is 0 Å². The van der Waals surface area contributed by atoms with E-state index in [4.69, 9.17) is 23.7 Å². The molecule has 5 heteroatoms. The first-order chi connectivity index (χ1) is 11.0. The quantitative estimate of drug-likeness (QED) is 0.485. The summed E-state index contributed by atoms with van der Waals surface area (Å²) < 4.78 is 27.3. The second kappa shape index (κ2) is 9.43. The van der Waals surface area contributed by atoms with Crippen LogP contribution in [0.2, 0.25) is 0 Å². The van der Waals surface area contributed by atoms with Crippen LogP contribution in [0.3, 0.4) is 0 Å². The third-order valence-electron chi connectivity index (χ3n) is 3.37. The summed E-state index contributed by atoms with van der Waals surface area (Å²) in [5, 5.41) is 0. The highest BCUT2D eigenvalue weighted by atomic mass is 16.7. The van der Waals surface area contributed by atoms with Gasteiger partial charge in [-0.25, -0.2) is 0 Å². The van der Waals surface area contributed by atoms with Crippen molar-refractivity contribution in [3.05, 3.63) is 30.0 Å². The van der Waals surface area contributed by atoms with E-state index in [1.165, 1.54) is 0 Å². The molecule has 0 fully saturated rings. The molecule has 0 aliphatic rings. The minimum absolute atomic E-state index is 0.299. The average Bonchev–Trinajstić information content (AvgIpc) is 2.56. The third-order valence-corrected chi connectivity index (χ3v) is 3.37. The maximum atomic E-state index is 6.01. The highest BCUT2D eigenvalue weighted by Crippen LogP contribution is 2.29. The SMILES string of the molecule is CCOC(OC)C(C)(C)COc1ccc(OC)cc1/C=C/OC. The Morgan fingerprint density at radius 2 is 1.91 bits per heavy atom. The van der Waals surface area contributed by atoms with Gasteiger partial charge in [0.1, 0.15) is 11.5 Å². The van der Waals surface area contributed by atoms with Gasteiger partial charge in [0, 0.05) is 24.7 Å². The minimum Gasteiger partial charge on any atom is -0.504 e. The first-order valence-corrected chi connectivity index (χ1v) is 7.63. The summed E-state index contributed by atoms with van der Waals surface area (Å²) in [6.07, 6.45) is 3.11. The number of hydrogen-bond donors (Lipinski definition) is 0. The predicted octanol–water partition coefficient (Wildman–Crippen LogP) is 3.73. The summed E-state index contributed by atoms with van der Waals surface area (Å²) in [4.78, 5) is 0. The van der Waals surface area contributed by atoms with Crippen molar-refractivity contribution in [2.24, 2.45) is 5.41 Å². The molecule has 0 aromatic heterocycles. The molecular weight excluding hydrogens is 296 g/mol. The van der Waals surface area contributed by atoms with Crippen LogP contribution in [0.25, 0.3) is 6.08 Å². The lowest BCUT2D eigenvalue weighted by Gasteiger charge is -2.32. The Balaban J connectivity index is 2.89. The summed E-state index contributed by atoms with van der Waals surface area (Å²) >= 11 is 0. The molecular formula is C18H28O5. The molecule has 1 unspecified atom stereocenters. The van der Waals surface area contributed by atoms with Crippen LogP contribution in [0, 0.1) is 5.41 Å². The Labute approximate surface area is 139 Å².